The Kier molecular flexibility index (Phi) is 17.0. The number of benzene rings is 1. The van der Waals surface area contributed by atoms with Gasteiger partial charge in [0.15, 0.2) is 6.29 Å². The van der Waals surface area contributed by atoms with Gasteiger partial charge in [-0.2, -0.15) is 9.37 Å². The van der Waals surface area contributed by atoms with Gasteiger partial charge in [0.25, 0.3) is 5.88 Å². The first-order valence-corrected chi connectivity index (χ1v) is 14.8. The highest BCUT2D eigenvalue weighted by molar-refractivity contribution is 7.52. The molecule has 1 aliphatic heterocycles. The molecule has 2 aromatic rings. The number of aliphatic carboxylic acids is 1. The SMILES string of the molecule is CC.CCC(=O)O.CCOc1nc(=O)n([C@H]2CC[C@@H](COP(=O)(NCC(OC)OC)Oc3ccccc3)O2)cc1F.[HH]. The first-order valence-electron chi connectivity index (χ1n) is 13.2. The molecule has 3 atom stereocenters. The summed E-state index contributed by atoms with van der Waals surface area (Å²) in [5, 5.41) is 10.4. The Morgan fingerprint density at radius 3 is 2.44 bits per heavy atom. The Bertz CT molecular complexity index is 1140. The predicted octanol–water partition coefficient (Wildman–Crippen LogP) is 4.62. The zero-order valence-electron chi connectivity index (χ0n) is 24.3. The van der Waals surface area contributed by atoms with Gasteiger partial charge >= 0.3 is 19.4 Å². The number of carboxylic acid groups (broad SMARTS) is 1. The first-order chi connectivity index (χ1) is 19.6. The Morgan fingerprint density at radius 1 is 1.24 bits per heavy atom. The molecule has 15 heteroatoms. The van der Waals surface area contributed by atoms with E-state index in [0.717, 1.165) is 10.8 Å². The molecule has 41 heavy (non-hydrogen) atoms. The second-order valence-corrected chi connectivity index (χ2v) is 9.77. The van der Waals surface area contributed by atoms with Gasteiger partial charge in [0.05, 0.1) is 32.1 Å². The monoisotopic (exact) mass is 607 g/mol. The second kappa shape index (κ2) is 19.3. The Balaban J connectivity index is 0.00000190. The summed E-state index contributed by atoms with van der Waals surface area (Å²) in [6.45, 7) is 7.39. The maximum absolute atomic E-state index is 14.2. The fraction of sp³-hybridized carbons (Fsp3) is 0.577. The summed E-state index contributed by atoms with van der Waals surface area (Å²) in [6, 6.07) is 8.55. The van der Waals surface area contributed by atoms with Gasteiger partial charge in [-0.1, -0.05) is 39.0 Å². The van der Waals surface area contributed by atoms with Crippen molar-refractivity contribution in [3.63, 3.8) is 0 Å². The van der Waals surface area contributed by atoms with Crippen molar-refractivity contribution in [3.8, 4) is 11.6 Å². The Labute approximate surface area is 241 Å². The molecule has 0 saturated carbocycles. The van der Waals surface area contributed by atoms with E-state index in [2.05, 4.69) is 10.1 Å². The number of nitrogens with zero attached hydrogens (tertiary/aromatic N) is 2. The summed E-state index contributed by atoms with van der Waals surface area (Å²) in [6.07, 6.45) is 0.201. The van der Waals surface area contributed by atoms with Crippen LogP contribution in [0.5, 0.6) is 11.6 Å². The molecule has 2 heterocycles. The molecule has 234 valence electrons. The van der Waals surface area contributed by atoms with Crippen LogP contribution in [0.4, 0.5) is 4.39 Å². The van der Waals surface area contributed by atoms with Crippen LogP contribution >= 0.6 is 7.75 Å². The highest BCUT2D eigenvalue weighted by Gasteiger charge is 2.33. The number of nitrogens with one attached hydrogen (secondary N) is 1. The van der Waals surface area contributed by atoms with Crippen molar-refractivity contribution in [2.24, 2.45) is 0 Å². The molecule has 13 nitrogen and oxygen atoms in total. The standard InChI is InChI=1S/C21H29FN3O8P.C3H6O2.C2H6.H2/c1-4-30-20-17(22)13-25(21(26)24-20)18-11-10-16(32-18)14-31-34(27,23-12-19(28-2)29-3)33-15-8-6-5-7-9-15;1-2-3(4)5;1-2;/h5-9,13,16,18-19H,4,10-12,14H2,1-3H3,(H,23,27);2H2,1H3,(H,4,5);1-2H3;1H/t16-,18+,34?;;;/m0.../s1. The van der Waals surface area contributed by atoms with E-state index in [4.69, 9.17) is 33.1 Å². The third-order valence-electron chi connectivity index (χ3n) is 5.23. The summed E-state index contributed by atoms with van der Waals surface area (Å²) in [5.41, 5.74) is -0.693. The average Bonchev–Trinajstić information content (AvgIpc) is 3.45. The zero-order valence-corrected chi connectivity index (χ0v) is 25.2. The van der Waals surface area contributed by atoms with Crippen molar-refractivity contribution >= 4 is 13.7 Å². The average molecular weight is 608 g/mol. The van der Waals surface area contributed by atoms with Crippen molar-refractivity contribution < 1.29 is 48.3 Å². The molecule has 1 fully saturated rings. The molecule has 0 spiro atoms. The van der Waals surface area contributed by atoms with Gasteiger partial charge in [-0.15, -0.1) is 0 Å². The van der Waals surface area contributed by atoms with E-state index in [1.165, 1.54) is 14.2 Å². The van der Waals surface area contributed by atoms with Crippen LogP contribution in [0.15, 0.2) is 41.3 Å². The van der Waals surface area contributed by atoms with Crippen LogP contribution in [0.25, 0.3) is 0 Å². The van der Waals surface area contributed by atoms with E-state index in [-0.39, 0.29) is 33.5 Å². The molecule has 2 N–H and O–H groups in total. The molecule has 1 aromatic heterocycles. The molecule has 0 aliphatic carbocycles. The normalized spacial score (nSPS) is 17.5. The second-order valence-electron chi connectivity index (χ2n) is 8.02. The van der Waals surface area contributed by atoms with Crippen LogP contribution in [0.1, 0.15) is 54.6 Å². The van der Waals surface area contributed by atoms with E-state index < -0.39 is 43.8 Å². The number of rotatable bonds is 14. The van der Waals surface area contributed by atoms with Crippen LogP contribution in [0.3, 0.4) is 0 Å². The van der Waals surface area contributed by atoms with Crippen molar-refractivity contribution in [2.45, 2.75) is 65.6 Å². The highest BCUT2D eigenvalue weighted by atomic mass is 31.2. The number of para-hydroxylation sites is 1. The van der Waals surface area contributed by atoms with Crippen LogP contribution < -0.4 is 20.0 Å². The van der Waals surface area contributed by atoms with E-state index in [1.54, 1.807) is 44.2 Å². The quantitative estimate of drug-likeness (QED) is 0.227. The van der Waals surface area contributed by atoms with Gasteiger partial charge in [-0.3, -0.25) is 13.9 Å². The minimum absolute atomic E-state index is 0. The van der Waals surface area contributed by atoms with Crippen LogP contribution in [0.2, 0.25) is 0 Å². The van der Waals surface area contributed by atoms with E-state index in [1.807, 2.05) is 13.8 Å². The van der Waals surface area contributed by atoms with Gasteiger partial charge in [-0.05, 0) is 31.9 Å². The molecule has 0 amide bonds. The van der Waals surface area contributed by atoms with Gasteiger partial charge < -0.3 is 28.6 Å². The van der Waals surface area contributed by atoms with Crippen LogP contribution in [-0.4, -0.2) is 67.0 Å². The maximum atomic E-state index is 14.2. The van der Waals surface area contributed by atoms with Crippen molar-refractivity contribution in [3.05, 3.63) is 52.8 Å². The lowest BCUT2D eigenvalue weighted by Gasteiger charge is -2.23. The molecule has 1 saturated heterocycles. The summed E-state index contributed by atoms with van der Waals surface area (Å²) in [4.78, 5) is 25.3. The van der Waals surface area contributed by atoms with Crippen molar-refractivity contribution in [2.75, 3.05) is 34.0 Å². The number of aromatic nitrogens is 2. The number of carbonyl (C=O) groups is 1. The summed E-state index contributed by atoms with van der Waals surface area (Å²) >= 11 is 0. The highest BCUT2D eigenvalue weighted by Crippen LogP contribution is 2.45. The van der Waals surface area contributed by atoms with Gasteiger partial charge in [0.1, 0.15) is 12.0 Å². The van der Waals surface area contributed by atoms with Crippen LogP contribution in [-0.2, 0) is 28.1 Å². The minimum Gasteiger partial charge on any atom is -0.481 e. The minimum atomic E-state index is -3.84. The summed E-state index contributed by atoms with van der Waals surface area (Å²) in [5.74, 6) is -1.51. The van der Waals surface area contributed by atoms with E-state index >= 15 is 0 Å². The summed E-state index contributed by atoms with van der Waals surface area (Å²) < 4.78 is 60.9. The largest absolute Gasteiger partial charge is 0.481 e. The molecule has 1 unspecified atom stereocenters. The number of ether oxygens (including phenoxy) is 4. The lowest BCUT2D eigenvalue weighted by atomic mass is 10.2. The maximum Gasteiger partial charge on any atom is 0.458 e. The lowest BCUT2D eigenvalue weighted by molar-refractivity contribution is -0.136. The lowest BCUT2D eigenvalue weighted by Crippen LogP contribution is -2.31. The third kappa shape index (κ3) is 12.7. The fourth-order valence-electron chi connectivity index (χ4n) is 3.24. The molecule has 1 aliphatic rings. The number of hydrogen-bond acceptors (Lipinski definition) is 10. The van der Waals surface area contributed by atoms with Crippen LogP contribution in [0, 0.1) is 5.82 Å². The number of hydrogen-bond donors (Lipinski definition) is 2. The summed E-state index contributed by atoms with van der Waals surface area (Å²) in [7, 11) is -0.942. The smallest absolute Gasteiger partial charge is 0.458 e. The Hall–Kier alpha value is -2.87. The topological polar surface area (TPSA) is 157 Å². The molecule has 3 rings (SSSR count). The zero-order chi connectivity index (χ0) is 30.8. The molecular formula is C26H43FN3O10P. The molecule has 0 bridgehead atoms. The number of carboxylic acids is 1. The van der Waals surface area contributed by atoms with E-state index in [0.29, 0.717) is 18.6 Å². The Morgan fingerprint density at radius 2 is 1.88 bits per heavy atom. The fourth-order valence-corrected chi connectivity index (χ4v) is 4.59. The van der Waals surface area contributed by atoms with Crippen molar-refractivity contribution in [1.82, 2.24) is 14.6 Å². The first kappa shape index (κ1) is 36.2. The predicted molar refractivity (Wildman–Crippen MR) is 151 cm³/mol. The van der Waals surface area contributed by atoms with Gasteiger partial charge in [0.2, 0.25) is 5.82 Å². The van der Waals surface area contributed by atoms with Crippen molar-refractivity contribution in [1.29, 1.82) is 0 Å². The van der Waals surface area contributed by atoms with Gasteiger partial charge in [-0.25, -0.2) is 14.4 Å². The number of halogens is 1. The molecule has 0 radical (unpaired) electrons. The molecular weight excluding hydrogens is 564 g/mol. The molecule has 1 aromatic carbocycles. The number of methoxy groups -OCH3 is 2. The van der Waals surface area contributed by atoms with E-state index in [9.17, 15) is 18.5 Å². The third-order valence-corrected chi connectivity index (χ3v) is 6.74. The van der Waals surface area contributed by atoms with Gasteiger partial charge in [0, 0.05) is 22.1 Å².